The molecule has 0 radical (unpaired) electrons. The highest BCUT2D eigenvalue weighted by Gasteiger charge is 2.34. The van der Waals surface area contributed by atoms with Gasteiger partial charge in [-0.25, -0.2) is 0 Å². The van der Waals surface area contributed by atoms with E-state index in [9.17, 15) is 0 Å². The molecule has 12 heavy (non-hydrogen) atoms. The fourth-order valence-electron chi connectivity index (χ4n) is 2.07. The van der Waals surface area contributed by atoms with E-state index in [2.05, 4.69) is 39.6 Å². The fourth-order valence-corrected chi connectivity index (χ4v) is 2.07. The first-order chi connectivity index (χ1) is 5.44. The molecule has 2 atom stereocenters. The van der Waals surface area contributed by atoms with Crippen molar-refractivity contribution in [2.45, 2.75) is 34.1 Å². The summed E-state index contributed by atoms with van der Waals surface area (Å²) >= 11 is 0. The maximum Gasteiger partial charge on any atom is 0.000917 e. The van der Waals surface area contributed by atoms with Crippen molar-refractivity contribution in [2.24, 2.45) is 17.3 Å². The van der Waals surface area contributed by atoms with Gasteiger partial charge in [-0.15, -0.1) is 0 Å². The average molecular weight is 169 g/mol. The van der Waals surface area contributed by atoms with Crippen LogP contribution in [-0.4, -0.2) is 25.0 Å². The molecule has 72 valence electrons. The largest absolute Gasteiger partial charge is 0.306 e. The van der Waals surface area contributed by atoms with Crippen molar-refractivity contribution in [3.05, 3.63) is 0 Å². The molecule has 1 rings (SSSR count). The Balaban J connectivity index is 2.72. The summed E-state index contributed by atoms with van der Waals surface area (Å²) in [6.07, 6.45) is 1.36. The lowest BCUT2D eigenvalue weighted by molar-refractivity contribution is 0.142. The Morgan fingerprint density at radius 2 is 1.75 bits per heavy atom. The van der Waals surface area contributed by atoms with Crippen LogP contribution in [0.5, 0.6) is 0 Å². The van der Waals surface area contributed by atoms with Crippen molar-refractivity contribution in [1.82, 2.24) is 4.90 Å². The zero-order valence-corrected chi connectivity index (χ0v) is 9.22. The first-order valence-electron chi connectivity index (χ1n) is 5.13. The second kappa shape index (κ2) is 3.37. The zero-order chi connectivity index (χ0) is 9.35. The molecule has 0 aromatic carbocycles. The van der Waals surface area contributed by atoms with Crippen LogP contribution in [0.3, 0.4) is 0 Å². The lowest BCUT2D eigenvalue weighted by atomic mass is 9.70. The van der Waals surface area contributed by atoms with E-state index in [1.165, 1.54) is 19.5 Å². The molecule has 0 bridgehead atoms. The van der Waals surface area contributed by atoms with Crippen LogP contribution in [0.25, 0.3) is 0 Å². The van der Waals surface area contributed by atoms with Crippen molar-refractivity contribution in [1.29, 1.82) is 0 Å². The van der Waals surface area contributed by atoms with Gasteiger partial charge in [-0.3, -0.25) is 0 Å². The molecule has 0 spiro atoms. The van der Waals surface area contributed by atoms with Gasteiger partial charge in [0.1, 0.15) is 0 Å². The second-order valence-electron chi connectivity index (χ2n) is 5.17. The van der Waals surface area contributed by atoms with E-state index in [0.717, 1.165) is 11.8 Å². The quantitative estimate of drug-likeness (QED) is 0.539. The lowest BCUT2D eigenvalue weighted by Crippen LogP contribution is -2.31. The first-order valence-corrected chi connectivity index (χ1v) is 5.13. The van der Waals surface area contributed by atoms with E-state index >= 15 is 0 Å². The minimum atomic E-state index is 0.519. The molecule has 0 saturated carbocycles. The molecular weight excluding hydrogens is 146 g/mol. The van der Waals surface area contributed by atoms with Gasteiger partial charge >= 0.3 is 0 Å². The molecule has 0 aromatic rings. The van der Waals surface area contributed by atoms with Gasteiger partial charge in [0.25, 0.3) is 0 Å². The van der Waals surface area contributed by atoms with Gasteiger partial charge in [-0.05, 0) is 37.3 Å². The molecule has 1 nitrogen and oxygen atoms in total. The maximum atomic E-state index is 2.47. The summed E-state index contributed by atoms with van der Waals surface area (Å²) in [6, 6.07) is 0. The van der Waals surface area contributed by atoms with Crippen molar-refractivity contribution in [2.75, 3.05) is 20.1 Å². The van der Waals surface area contributed by atoms with Crippen LogP contribution in [-0.2, 0) is 0 Å². The Hall–Kier alpha value is -0.0400. The molecule has 1 aliphatic rings. The van der Waals surface area contributed by atoms with E-state index in [1.54, 1.807) is 0 Å². The average Bonchev–Trinajstić information content (AvgIpc) is 2.04. The number of rotatable bonds is 0. The van der Waals surface area contributed by atoms with Crippen LogP contribution >= 0.6 is 0 Å². The van der Waals surface area contributed by atoms with Crippen LogP contribution in [0.2, 0.25) is 0 Å². The van der Waals surface area contributed by atoms with E-state index in [4.69, 9.17) is 0 Å². The number of hydrogen-bond donors (Lipinski definition) is 0. The van der Waals surface area contributed by atoms with E-state index in [0.29, 0.717) is 5.41 Å². The predicted octanol–water partition coefficient (Wildman–Crippen LogP) is 2.62. The van der Waals surface area contributed by atoms with Gasteiger partial charge < -0.3 is 4.90 Å². The molecule has 1 aliphatic heterocycles. The second-order valence-corrected chi connectivity index (χ2v) is 5.17. The third kappa shape index (κ3) is 1.82. The molecule has 1 heterocycles. The normalized spacial score (nSPS) is 37.8. The molecule has 1 saturated heterocycles. The van der Waals surface area contributed by atoms with Crippen LogP contribution in [0.15, 0.2) is 0 Å². The Kier molecular flexibility index (Phi) is 2.82. The highest BCUT2D eigenvalue weighted by molar-refractivity contribution is 4.85. The van der Waals surface area contributed by atoms with Crippen molar-refractivity contribution >= 4 is 0 Å². The van der Waals surface area contributed by atoms with E-state index < -0.39 is 0 Å². The smallest absolute Gasteiger partial charge is 0.000917 e. The Bertz CT molecular complexity index is 151. The topological polar surface area (TPSA) is 3.24 Å². The Morgan fingerprint density at radius 1 is 1.17 bits per heavy atom. The molecular formula is C11H23N. The SMILES string of the molecule is CC1CCN(C)CC(C)C1(C)C. The molecule has 2 unspecified atom stereocenters. The number of likely N-dealkylation sites (tertiary alicyclic amines) is 1. The van der Waals surface area contributed by atoms with E-state index in [-0.39, 0.29) is 0 Å². The van der Waals surface area contributed by atoms with Crippen LogP contribution in [0.1, 0.15) is 34.1 Å². The predicted molar refractivity (Wildman–Crippen MR) is 54.2 cm³/mol. The molecule has 1 heteroatoms. The zero-order valence-electron chi connectivity index (χ0n) is 9.22. The van der Waals surface area contributed by atoms with Gasteiger partial charge in [0.15, 0.2) is 0 Å². The standard InChI is InChI=1S/C11H23N/c1-9-6-7-12(5)8-10(2)11(9,3)4/h9-10H,6-8H2,1-5H3. The van der Waals surface area contributed by atoms with E-state index in [1.807, 2.05) is 0 Å². The highest BCUT2D eigenvalue weighted by Crippen LogP contribution is 2.39. The van der Waals surface area contributed by atoms with Gasteiger partial charge in [-0.1, -0.05) is 27.7 Å². The number of nitrogens with zero attached hydrogens (tertiary/aromatic N) is 1. The van der Waals surface area contributed by atoms with Gasteiger partial charge in [-0.2, -0.15) is 0 Å². The molecule has 0 N–H and O–H groups in total. The maximum absolute atomic E-state index is 2.47. The third-order valence-electron chi connectivity index (χ3n) is 4.07. The van der Waals surface area contributed by atoms with Crippen molar-refractivity contribution in [3.8, 4) is 0 Å². The molecule has 0 aliphatic carbocycles. The van der Waals surface area contributed by atoms with Crippen LogP contribution in [0.4, 0.5) is 0 Å². The third-order valence-corrected chi connectivity index (χ3v) is 4.07. The lowest BCUT2D eigenvalue weighted by Gasteiger charge is -2.35. The summed E-state index contributed by atoms with van der Waals surface area (Å²) in [5.41, 5.74) is 0.519. The summed E-state index contributed by atoms with van der Waals surface area (Å²) in [4.78, 5) is 2.47. The van der Waals surface area contributed by atoms with Crippen molar-refractivity contribution in [3.63, 3.8) is 0 Å². The minimum absolute atomic E-state index is 0.519. The van der Waals surface area contributed by atoms with Crippen molar-refractivity contribution < 1.29 is 0 Å². The first kappa shape index (κ1) is 10.0. The summed E-state index contributed by atoms with van der Waals surface area (Å²) < 4.78 is 0. The Morgan fingerprint density at radius 3 is 2.33 bits per heavy atom. The fraction of sp³-hybridized carbons (Fsp3) is 1.00. The molecule has 0 amide bonds. The summed E-state index contributed by atoms with van der Waals surface area (Å²) in [5, 5.41) is 0. The van der Waals surface area contributed by atoms with Crippen LogP contribution in [0, 0.1) is 17.3 Å². The van der Waals surface area contributed by atoms with Gasteiger partial charge in [0.2, 0.25) is 0 Å². The summed E-state index contributed by atoms with van der Waals surface area (Å²) in [7, 11) is 2.24. The monoisotopic (exact) mass is 169 g/mol. The van der Waals surface area contributed by atoms with Gasteiger partial charge in [0.05, 0.1) is 0 Å². The molecule has 1 fully saturated rings. The van der Waals surface area contributed by atoms with Gasteiger partial charge in [0, 0.05) is 6.54 Å². The summed E-state index contributed by atoms with van der Waals surface area (Å²) in [5.74, 6) is 1.68. The highest BCUT2D eigenvalue weighted by atomic mass is 15.1. The van der Waals surface area contributed by atoms with Crippen LogP contribution < -0.4 is 0 Å². The number of hydrogen-bond acceptors (Lipinski definition) is 1. The minimum Gasteiger partial charge on any atom is -0.306 e. The summed E-state index contributed by atoms with van der Waals surface area (Å²) in [6.45, 7) is 12.2. The Labute approximate surface area is 77.1 Å². The molecule has 0 aromatic heterocycles.